The highest BCUT2D eigenvalue weighted by Gasteiger charge is 2.17. The first kappa shape index (κ1) is 19.3. The smallest absolute Gasteiger partial charge is 0.295 e. The molecule has 0 spiro atoms. The average molecular weight is 428 g/mol. The lowest BCUT2D eigenvalue weighted by atomic mass is 10.1. The Labute approximate surface area is 166 Å². The summed E-state index contributed by atoms with van der Waals surface area (Å²) in [7, 11) is 0. The van der Waals surface area contributed by atoms with Crippen molar-refractivity contribution < 1.29 is 9.90 Å². The maximum Gasteiger partial charge on any atom is 0.295 e. The minimum absolute atomic E-state index is 0.0422. The number of hydrogen-bond acceptors (Lipinski definition) is 3. The van der Waals surface area contributed by atoms with Gasteiger partial charge in [0.1, 0.15) is 0 Å². The Morgan fingerprint density at radius 2 is 1.96 bits per heavy atom. The zero-order valence-corrected chi connectivity index (χ0v) is 17.0. The second-order valence-corrected chi connectivity index (χ2v) is 7.43. The zero-order valence-electron chi connectivity index (χ0n) is 15.4. The van der Waals surface area contributed by atoms with E-state index in [0.717, 1.165) is 40.2 Å². The van der Waals surface area contributed by atoms with Crippen LogP contribution in [0.15, 0.2) is 57.2 Å². The first-order valence-electron chi connectivity index (χ1n) is 9.05. The Bertz CT molecular complexity index is 1010. The number of halogens is 1. The highest BCUT2D eigenvalue weighted by atomic mass is 79.9. The molecule has 0 aliphatic rings. The van der Waals surface area contributed by atoms with Crippen molar-refractivity contribution in [3.63, 3.8) is 0 Å². The quantitative estimate of drug-likeness (QED) is 0.358. The fraction of sp³-hybridized carbons (Fsp3) is 0.286. The zero-order chi connectivity index (χ0) is 19.4. The average Bonchev–Trinajstić information content (AvgIpc) is 2.91. The second-order valence-electron chi connectivity index (χ2n) is 6.51. The molecule has 6 heteroatoms. The predicted octanol–water partition coefficient (Wildman–Crippen LogP) is 6.53. The predicted molar refractivity (Wildman–Crippen MR) is 111 cm³/mol. The van der Waals surface area contributed by atoms with Crippen molar-refractivity contribution in [3.05, 3.63) is 58.1 Å². The number of unbranched alkanes of at least 4 members (excludes halogenated alkanes) is 2. The van der Waals surface area contributed by atoms with Crippen LogP contribution in [-0.4, -0.2) is 15.6 Å². The highest BCUT2D eigenvalue weighted by molar-refractivity contribution is 9.10. The summed E-state index contributed by atoms with van der Waals surface area (Å²) >= 11 is 3.46. The molecule has 0 radical (unpaired) electrons. The number of carbonyl (C=O) groups excluding carboxylic acids is 1. The summed E-state index contributed by atoms with van der Waals surface area (Å²) in [5.74, 6) is -0.380. The van der Waals surface area contributed by atoms with Gasteiger partial charge in [-0.3, -0.25) is 4.79 Å². The van der Waals surface area contributed by atoms with Crippen LogP contribution in [0.5, 0.6) is 5.88 Å². The van der Waals surface area contributed by atoms with Gasteiger partial charge in [0.25, 0.3) is 5.91 Å². The maximum absolute atomic E-state index is 12.4. The molecule has 1 aromatic heterocycles. The molecule has 0 atom stereocenters. The Morgan fingerprint density at radius 3 is 2.70 bits per heavy atom. The number of aromatic hydroxyl groups is 1. The standard InChI is InChI=1S/C21H22BrN3O2/c1-3-4-7-12-25-18-11-10-15(22)13-17(18)19(21(25)27)23-24-20(26)16-9-6-5-8-14(16)2/h5-6,8-11,13,27H,3-4,7,12H2,1-2H3. The van der Waals surface area contributed by atoms with E-state index in [0.29, 0.717) is 17.8 Å². The van der Waals surface area contributed by atoms with Crippen LogP contribution < -0.4 is 0 Å². The van der Waals surface area contributed by atoms with Crippen LogP contribution in [0.3, 0.4) is 0 Å². The van der Waals surface area contributed by atoms with Crippen molar-refractivity contribution in [2.24, 2.45) is 10.2 Å². The maximum atomic E-state index is 12.4. The van der Waals surface area contributed by atoms with E-state index in [1.807, 2.05) is 41.8 Å². The molecule has 1 N–H and O–H groups in total. The number of aromatic nitrogens is 1. The fourth-order valence-electron chi connectivity index (χ4n) is 3.10. The van der Waals surface area contributed by atoms with Gasteiger partial charge in [0.15, 0.2) is 5.69 Å². The number of hydrogen-bond donors (Lipinski definition) is 1. The summed E-state index contributed by atoms with van der Waals surface area (Å²) in [5.41, 5.74) is 2.55. The number of rotatable bonds is 6. The summed E-state index contributed by atoms with van der Waals surface area (Å²) in [6.45, 7) is 4.69. The van der Waals surface area contributed by atoms with E-state index in [2.05, 4.69) is 33.1 Å². The molecular weight excluding hydrogens is 406 g/mol. The van der Waals surface area contributed by atoms with Gasteiger partial charge in [0.05, 0.1) is 5.52 Å². The molecule has 0 bridgehead atoms. The normalized spacial score (nSPS) is 11.5. The van der Waals surface area contributed by atoms with Gasteiger partial charge in [-0.15, -0.1) is 10.2 Å². The molecule has 5 nitrogen and oxygen atoms in total. The molecule has 140 valence electrons. The topological polar surface area (TPSA) is 66.9 Å². The van der Waals surface area contributed by atoms with Gasteiger partial charge in [0.2, 0.25) is 5.88 Å². The summed E-state index contributed by atoms with van der Waals surface area (Å²) in [6, 6.07) is 13.0. The number of carbonyl (C=O) groups is 1. The molecule has 0 unspecified atom stereocenters. The lowest BCUT2D eigenvalue weighted by Gasteiger charge is -2.06. The van der Waals surface area contributed by atoms with Gasteiger partial charge in [-0.25, -0.2) is 0 Å². The molecule has 0 fully saturated rings. The van der Waals surface area contributed by atoms with Crippen LogP contribution in [0, 0.1) is 6.92 Å². The molecule has 3 aromatic rings. The van der Waals surface area contributed by atoms with E-state index in [1.165, 1.54) is 0 Å². The van der Waals surface area contributed by atoms with E-state index in [-0.39, 0.29) is 5.88 Å². The second kappa shape index (κ2) is 8.48. The van der Waals surface area contributed by atoms with E-state index in [4.69, 9.17) is 0 Å². The van der Waals surface area contributed by atoms with E-state index < -0.39 is 5.91 Å². The molecule has 0 aliphatic heterocycles. The minimum atomic E-state index is -0.422. The molecule has 0 saturated carbocycles. The van der Waals surface area contributed by atoms with Crippen LogP contribution in [0.1, 0.15) is 42.1 Å². The number of amides is 1. The molecule has 1 heterocycles. The number of azo groups is 1. The lowest BCUT2D eigenvalue weighted by Crippen LogP contribution is -1.97. The third-order valence-corrected chi connectivity index (χ3v) is 5.07. The highest BCUT2D eigenvalue weighted by Crippen LogP contribution is 2.40. The first-order chi connectivity index (χ1) is 13.0. The van der Waals surface area contributed by atoms with E-state index in [1.54, 1.807) is 12.1 Å². The Balaban J connectivity index is 2.00. The lowest BCUT2D eigenvalue weighted by molar-refractivity contribution is 0.0994. The van der Waals surface area contributed by atoms with Crippen LogP contribution >= 0.6 is 15.9 Å². The summed E-state index contributed by atoms with van der Waals surface area (Å²) in [5, 5.41) is 19.5. The van der Waals surface area contributed by atoms with Crippen LogP contribution in [0.25, 0.3) is 10.9 Å². The third-order valence-electron chi connectivity index (χ3n) is 4.57. The molecule has 0 saturated heterocycles. The van der Waals surface area contributed by atoms with Gasteiger partial charge in [0, 0.05) is 22.0 Å². The number of aryl methyl sites for hydroxylation is 2. The largest absolute Gasteiger partial charge is 0.493 e. The Hall–Kier alpha value is -2.47. The number of benzene rings is 2. The van der Waals surface area contributed by atoms with Crippen molar-refractivity contribution in [1.29, 1.82) is 0 Å². The van der Waals surface area contributed by atoms with Gasteiger partial charge in [-0.05, 0) is 43.2 Å². The molecule has 3 rings (SSSR count). The monoisotopic (exact) mass is 427 g/mol. The molecular formula is C21H22BrN3O2. The van der Waals surface area contributed by atoms with Gasteiger partial charge >= 0.3 is 0 Å². The molecule has 27 heavy (non-hydrogen) atoms. The molecule has 1 amide bonds. The van der Waals surface area contributed by atoms with Crippen molar-refractivity contribution in [1.82, 2.24) is 4.57 Å². The van der Waals surface area contributed by atoms with Gasteiger partial charge in [-0.1, -0.05) is 53.9 Å². The van der Waals surface area contributed by atoms with Gasteiger partial charge in [-0.2, -0.15) is 0 Å². The Kier molecular flexibility index (Phi) is 6.06. The summed E-state index contributed by atoms with van der Waals surface area (Å²) < 4.78 is 2.71. The van der Waals surface area contributed by atoms with Crippen LogP contribution in [-0.2, 0) is 6.54 Å². The number of nitrogens with zero attached hydrogens (tertiary/aromatic N) is 3. The van der Waals surface area contributed by atoms with Gasteiger partial charge < -0.3 is 9.67 Å². The van der Waals surface area contributed by atoms with Crippen molar-refractivity contribution in [3.8, 4) is 5.88 Å². The summed E-state index contributed by atoms with van der Waals surface area (Å²) in [4.78, 5) is 12.4. The van der Waals surface area contributed by atoms with E-state index >= 15 is 0 Å². The van der Waals surface area contributed by atoms with Crippen LogP contribution in [0.2, 0.25) is 0 Å². The van der Waals surface area contributed by atoms with E-state index in [9.17, 15) is 9.90 Å². The molecule has 0 aliphatic carbocycles. The fourth-order valence-corrected chi connectivity index (χ4v) is 3.46. The van der Waals surface area contributed by atoms with Crippen LogP contribution in [0.4, 0.5) is 5.69 Å². The summed E-state index contributed by atoms with van der Waals surface area (Å²) in [6.07, 6.45) is 3.14. The first-order valence-corrected chi connectivity index (χ1v) is 9.84. The Morgan fingerprint density at radius 1 is 1.19 bits per heavy atom. The molecule has 2 aromatic carbocycles. The third kappa shape index (κ3) is 4.11. The van der Waals surface area contributed by atoms with Crippen molar-refractivity contribution >= 4 is 38.4 Å². The number of fused-ring (bicyclic) bond motifs is 1. The minimum Gasteiger partial charge on any atom is -0.493 e. The van der Waals surface area contributed by atoms with Crippen molar-refractivity contribution in [2.45, 2.75) is 39.7 Å². The van der Waals surface area contributed by atoms with Crippen molar-refractivity contribution in [2.75, 3.05) is 0 Å². The SMILES string of the molecule is CCCCCn1c(O)c(N=NC(=O)c2ccccc2C)c2cc(Br)ccc21.